The molecular weight excluding hydrogens is 136 g/mol. The molecule has 4 heteroatoms. The zero-order valence-electron chi connectivity index (χ0n) is 5.86. The molecule has 0 radical (unpaired) electrons. The second-order valence-corrected chi connectivity index (χ2v) is 2.31. The van der Waals surface area contributed by atoms with Gasteiger partial charge >= 0.3 is 0 Å². The summed E-state index contributed by atoms with van der Waals surface area (Å²) in [5, 5.41) is 18.1. The third-order valence-corrected chi connectivity index (χ3v) is 1.67. The lowest BCUT2D eigenvalue weighted by atomic mass is 10.1. The summed E-state index contributed by atoms with van der Waals surface area (Å²) in [4.78, 5) is 0. The van der Waals surface area contributed by atoms with Gasteiger partial charge in [0.1, 0.15) is 6.10 Å². The van der Waals surface area contributed by atoms with Crippen molar-refractivity contribution in [1.82, 2.24) is 0 Å². The molecule has 3 atom stereocenters. The quantitative estimate of drug-likeness (QED) is 0.506. The first-order valence-corrected chi connectivity index (χ1v) is 3.26. The molecule has 0 aromatic carbocycles. The summed E-state index contributed by atoms with van der Waals surface area (Å²) in [5.74, 6) is 0. The lowest BCUT2D eigenvalue weighted by Gasteiger charge is -2.30. The van der Waals surface area contributed by atoms with Crippen molar-refractivity contribution in [3.63, 3.8) is 0 Å². The first-order chi connectivity index (χ1) is 4.75. The maximum atomic E-state index is 9.14. The third-order valence-electron chi connectivity index (χ3n) is 1.67. The van der Waals surface area contributed by atoms with Gasteiger partial charge in [0, 0.05) is 7.11 Å². The number of aliphatic hydroxyl groups excluding tert-OH is 2. The molecule has 1 heterocycles. The van der Waals surface area contributed by atoms with Crippen LogP contribution >= 0.6 is 0 Å². The van der Waals surface area contributed by atoms with Crippen molar-refractivity contribution in [1.29, 1.82) is 0 Å². The van der Waals surface area contributed by atoms with Crippen LogP contribution in [0.2, 0.25) is 0 Å². The van der Waals surface area contributed by atoms with Crippen molar-refractivity contribution in [2.45, 2.75) is 24.9 Å². The van der Waals surface area contributed by atoms with Crippen molar-refractivity contribution in [2.24, 2.45) is 0 Å². The summed E-state index contributed by atoms with van der Waals surface area (Å²) in [7, 11) is 1.51. The van der Waals surface area contributed by atoms with Gasteiger partial charge in [-0.15, -0.1) is 0 Å². The molecule has 1 rings (SSSR count). The number of hydrogen-bond donors (Lipinski definition) is 2. The minimum Gasteiger partial charge on any atom is -0.385 e. The third kappa shape index (κ3) is 1.46. The number of rotatable bonds is 1. The fourth-order valence-corrected chi connectivity index (χ4v) is 1.02. The fraction of sp³-hybridized carbons (Fsp3) is 1.00. The van der Waals surface area contributed by atoms with Crippen LogP contribution in [0.3, 0.4) is 0 Å². The molecule has 1 saturated heterocycles. The average molecular weight is 148 g/mol. The Labute approximate surface area is 59.4 Å². The van der Waals surface area contributed by atoms with Gasteiger partial charge in [-0.1, -0.05) is 0 Å². The van der Waals surface area contributed by atoms with Crippen molar-refractivity contribution in [3.05, 3.63) is 0 Å². The Hall–Kier alpha value is -0.160. The molecule has 0 amide bonds. The molecule has 0 unspecified atom stereocenters. The van der Waals surface area contributed by atoms with E-state index in [1.807, 2.05) is 0 Å². The molecule has 60 valence electrons. The molecular formula is C6H12O4. The van der Waals surface area contributed by atoms with E-state index in [0.717, 1.165) is 0 Å². The summed E-state index contributed by atoms with van der Waals surface area (Å²) in [6, 6.07) is 0. The molecule has 0 saturated carbocycles. The first kappa shape index (κ1) is 7.94. The Morgan fingerprint density at radius 2 is 2.20 bits per heavy atom. The molecule has 1 aliphatic rings. The Morgan fingerprint density at radius 1 is 1.50 bits per heavy atom. The van der Waals surface area contributed by atoms with Crippen molar-refractivity contribution < 1.29 is 19.7 Å². The Bertz CT molecular complexity index is 106. The van der Waals surface area contributed by atoms with Crippen LogP contribution in [0.5, 0.6) is 0 Å². The topological polar surface area (TPSA) is 58.9 Å². The Balaban J connectivity index is 2.42. The number of aliphatic hydroxyl groups is 2. The van der Waals surface area contributed by atoms with E-state index in [-0.39, 0.29) is 6.10 Å². The van der Waals surface area contributed by atoms with Gasteiger partial charge in [-0.25, -0.2) is 0 Å². The van der Waals surface area contributed by atoms with Crippen molar-refractivity contribution in [2.75, 3.05) is 13.7 Å². The highest BCUT2D eigenvalue weighted by atomic mass is 16.6. The molecule has 4 nitrogen and oxygen atoms in total. The van der Waals surface area contributed by atoms with E-state index in [2.05, 4.69) is 0 Å². The van der Waals surface area contributed by atoms with E-state index in [1.54, 1.807) is 0 Å². The highest BCUT2D eigenvalue weighted by Gasteiger charge is 2.30. The van der Waals surface area contributed by atoms with Gasteiger partial charge in [-0.3, -0.25) is 0 Å². The fourth-order valence-electron chi connectivity index (χ4n) is 1.02. The summed E-state index contributed by atoms with van der Waals surface area (Å²) >= 11 is 0. The van der Waals surface area contributed by atoms with Crippen LogP contribution in [0.25, 0.3) is 0 Å². The predicted molar refractivity (Wildman–Crippen MR) is 33.4 cm³/mol. The van der Waals surface area contributed by atoms with Gasteiger partial charge in [-0.05, 0) is 6.42 Å². The molecule has 0 aliphatic carbocycles. The zero-order valence-corrected chi connectivity index (χ0v) is 5.86. The number of hydrogen-bond acceptors (Lipinski definition) is 4. The van der Waals surface area contributed by atoms with Gasteiger partial charge < -0.3 is 19.7 Å². The van der Waals surface area contributed by atoms with Gasteiger partial charge in [0.25, 0.3) is 0 Å². The van der Waals surface area contributed by atoms with E-state index in [0.29, 0.717) is 13.0 Å². The van der Waals surface area contributed by atoms with Crippen LogP contribution in [-0.4, -0.2) is 42.4 Å². The molecule has 1 aliphatic heterocycles. The summed E-state index contributed by atoms with van der Waals surface area (Å²) in [6.07, 6.45) is -1.64. The van der Waals surface area contributed by atoms with Crippen molar-refractivity contribution in [3.8, 4) is 0 Å². The van der Waals surface area contributed by atoms with E-state index < -0.39 is 12.4 Å². The second-order valence-electron chi connectivity index (χ2n) is 2.31. The molecule has 0 bridgehead atoms. The normalized spacial score (nSPS) is 41.7. The number of ether oxygens (including phenoxy) is 2. The van der Waals surface area contributed by atoms with Crippen LogP contribution in [0.4, 0.5) is 0 Å². The van der Waals surface area contributed by atoms with E-state index in [1.165, 1.54) is 7.11 Å². The standard InChI is InChI=1S/C6H12O4/c1-9-4-2-3-10-6(8)5(4)7/h4-8H,2-3H2,1H3/t4-,5-,6+/m0/s1. The van der Waals surface area contributed by atoms with E-state index in [4.69, 9.17) is 19.7 Å². The summed E-state index contributed by atoms with van der Waals surface area (Å²) in [5.41, 5.74) is 0. The smallest absolute Gasteiger partial charge is 0.183 e. The van der Waals surface area contributed by atoms with Crippen LogP contribution in [0.15, 0.2) is 0 Å². The SMILES string of the molecule is CO[C@H]1CCO[C@@H](O)[C@H]1O. The monoisotopic (exact) mass is 148 g/mol. The molecule has 0 spiro atoms. The van der Waals surface area contributed by atoms with Crippen LogP contribution < -0.4 is 0 Å². The molecule has 10 heavy (non-hydrogen) atoms. The van der Waals surface area contributed by atoms with E-state index >= 15 is 0 Å². The van der Waals surface area contributed by atoms with Crippen molar-refractivity contribution >= 4 is 0 Å². The van der Waals surface area contributed by atoms with Gasteiger partial charge in [0.2, 0.25) is 0 Å². The van der Waals surface area contributed by atoms with Crippen LogP contribution in [0.1, 0.15) is 6.42 Å². The van der Waals surface area contributed by atoms with Gasteiger partial charge in [0.05, 0.1) is 12.7 Å². The highest BCUT2D eigenvalue weighted by molar-refractivity contribution is 4.75. The number of methoxy groups -OCH3 is 1. The van der Waals surface area contributed by atoms with Gasteiger partial charge in [0.15, 0.2) is 6.29 Å². The molecule has 1 fully saturated rings. The lowest BCUT2D eigenvalue weighted by molar-refractivity contribution is -0.224. The largest absolute Gasteiger partial charge is 0.385 e. The Morgan fingerprint density at radius 3 is 2.70 bits per heavy atom. The second kappa shape index (κ2) is 3.30. The summed E-state index contributed by atoms with van der Waals surface area (Å²) in [6.45, 7) is 0.441. The average Bonchev–Trinajstić information content (AvgIpc) is 1.95. The first-order valence-electron chi connectivity index (χ1n) is 3.26. The predicted octanol–water partition coefficient (Wildman–Crippen LogP) is -0.899. The molecule has 0 aromatic rings. The van der Waals surface area contributed by atoms with Crippen LogP contribution in [-0.2, 0) is 9.47 Å². The lowest BCUT2D eigenvalue weighted by Crippen LogP contribution is -2.45. The molecule has 2 N–H and O–H groups in total. The highest BCUT2D eigenvalue weighted by Crippen LogP contribution is 2.14. The van der Waals surface area contributed by atoms with E-state index in [9.17, 15) is 0 Å². The maximum absolute atomic E-state index is 9.14. The van der Waals surface area contributed by atoms with Crippen LogP contribution in [0, 0.1) is 0 Å². The minimum absolute atomic E-state index is 0.288. The molecule has 0 aromatic heterocycles. The Kier molecular flexibility index (Phi) is 2.62. The van der Waals surface area contributed by atoms with Gasteiger partial charge in [-0.2, -0.15) is 0 Å². The minimum atomic E-state index is -1.08. The zero-order chi connectivity index (χ0) is 7.56. The summed E-state index contributed by atoms with van der Waals surface area (Å²) < 4.78 is 9.63. The maximum Gasteiger partial charge on any atom is 0.183 e.